The highest BCUT2D eigenvalue weighted by Gasteiger charge is 2.17. The lowest BCUT2D eigenvalue weighted by Crippen LogP contribution is -2.03. The molecule has 0 aliphatic carbocycles. The molecule has 1 heterocycles. The van der Waals surface area contributed by atoms with Crippen LogP contribution in [-0.4, -0.2) is 24.0 Å². The molecule has 174 valence electrons. The van der Waals surface area contributed by atoms with Crippen molar-refractivity contribution in [3.63, 3.8) is 0 Å². The van der Waals surface area contributed by atoms with E-state index in [4.69, 9.17) is 14.3 Å². The summed E-state index contributed by atoms with van der Waals surface area (Å²) in [6.45, 7) is 7.10. The Morgan fingerprint density at radius 2 is 1.65 bits per heavy atom. The third kappa shape index (κ3) is 5.15. The molecule has 5 heteroatoms. The van der Waals surface area contributed by atoms with Gasteiger partial charge in [0.05, 0.1) is 25.1 Å². The summed E-state index contributed by atoms with van der Waals surface area (Å²) in [5.41, 5.74) is 7.26. The maximum Gasteiger partial charge on any atom is 0.142 e. The number of hydrogen-bond donors (Lipinski definition) is 0. The summed E-state index contributed by atoms with van der Waals surface area (Å²) in [7, 11) is 1.66. The van der Waals surface area contributed by atoms with Gasteiger partial charge in [0.15, 0.2) is 0 Å². The Balaban J connectivity index is 1.66. The van der Waals surface area contributed by atoms with E-state index in [1.54, 1.807) is 7.11 Å². The maximum atomic E-state index is 5.70. The van der Waals surface area contributed by atoms with E-state index in [2.05, 4.69) is 59.1 Å². The van der Waals surface area contributed by atoms with E-state index in [-0.39, 0.29) is 0 Å². The zero-order valence-electron chi connectivity index (χ0n) is 20.1. The zero-order valence-corrected chi connectivity index (χ0v) is 20.1. The van der Waals surface area contributed by atoms with Gasteiger partial charge in [0, 0.05) is 16.9 Å². The number of ether oxygens (including phenoxy) is 2. The smallest absolute Gasteiger partial charge is 0.142 e. The molecule has 0 saturated heterocycles. The second-order valence-electron chi connectivity index (χ2n) is 7.96. The van der Waals surface area contributed by atoms with Crippen molar-refractivity contribution in [3.05, 3.63) is 102 Å². The van der Waals surface area contributed by atoms with E-state index in [1.807, 2.05) is 56.3 Å². The van der Waals surface area contributed by atoms with Gasteiger partial charge in [-0.15, -0.1) is 0 Å². The largest absolute Gasteiger partial charge is 0.497 e. The Morgan fingerprint density at radius 3 is 2.35 bits per heavy atom. The first kappa shape index (κ1) is 23.2. The van der Waals surface area contributed by atoms with Crippen molar-refractivity contribution >= 4 is 5.71 Å². The first-order valence-corrected chi connectivity index (χ1v) is 11.4. The first-order valence-electron chi connectivity index (χ1n) is 11.4. The van der Waals surface area contributed by atoms with Crippen molar-refractivity contribution in [3.8, 4) is 28.4 Å². The molecule has 0 N–H and O–H groups in total. The van der Waals surface area contributed by atoms with Gasteiger partial charge in [-0.2, -0.15) is 0 Å². The van der Waals surface area contributed by atoms with Gasteiger partial charge in [0.1, 0.15) is 18.1 Å². The summed E-state index contributed by atoms with van der Waals surface area (Å²) in [4.78, 5) is 5.70. The Morgan fingerprint density at radius 1 is 0.882 bits per heavy atom. The van der Waals surface area contributed by atoms with Crippen molar-refractivity contribution in [1.29, 1.82) is 0 Å². The summed E-state index contributed by atoms with van der Waals surface area (Å²) in [6, 6.07) is 28.5. The molecule has 0 spiro atoms. The predicted octanol–water partition coefficient (Wildman–Crippen LogP) is 6.80. The van der Waals surface area contributed by atoms with Crippen LogP contribution < -0.4 is 9.47 Å². The molecule has 0 radical (unpaired) electrons. The fourth-order valence-corrected chi connectivity index (χ4v) is 4.00. The van der Waals surface area contributed by atoms with Crippen LogP contribution >= 0.6 is 0 Å². The van der Waals surface area contributed by atoms with Gasteiger partial charge in [0.25, 0.3) is 0 Å². The molecular weight excluding hydrogens is 424 g/mol. The zero-order chi connectivity index (χ0) is 23.9. The molecule has 0 aliphatic rings. The molecule has 5 nitrogen and oxygen atoms in total. The topological polar surface area (TPSA) is 45.0 Å². The molecule has 0 amide bonds. The van der Waals surface area contributed by atoms with Crippen LogP contribution in [0.3, 0.4) is 0 Å². The summed E-state index contributed by atoms with van der Waals surface area (Å²) in [5.74, 6) is 1.67. The van der Waals surface area contributed by atoms with Gasteiger partial charge in [-0.05, 0) is 74.4 Å². The van der Waals surface area contributed by atoms with Crippen LogP contribution in [0.25, 0.3) is 16.9 Å². The highest BCUT2D eigenvalue weighted by atomic mass is 16.6. The first-order chi connectivity index (χ1) is 16.6. The standard InChI is InChI=1S/C29H30N2O3/c1-5-33-26-16-14-25(15-17-26)31-22(3)28(19-29(31)24-11-7-6-8-12-24)21(2)30-34-20-23-10-9-13-27(18-23)32-4/h6-19H,5,20H2,1-4H3. The van der Waals surface area contributed by atoms with E-state index >= 15 is 0 Å². The Labute approximate surface area is 201 Å². The SMILES string of the molecule is CCOc1ccc(-n2c(-c3ccccc3)cc(C(C)=NOCc3cccc(OC)c3)c2C)cc1. The van der Waals surface area contributed by atoms with Gasteiger partial charge in [-0.1, -0.05) is 47.6 Å². The second kappa shape index (κ2) is 10.8. The number of nitrogens with zero attached hydrogens (tertiary/aromatic N) is 2. The maximum absolute atomic E-state index is 5.70. The number of aromatic nitrogens is 1. The number of benzene rings is 3. The molecule has 0 unspecified atom stereocenters. The van der Waals surface area contributed by atoms with E-state index in [1.165, 1.54) is 0 Å². The molecule has 4 aromatic rings. The van der Waals surface area contributed by atoms with Crippen LogP contribution in [0, 0.1) is 6.92 Å². The van der Waals surface area contributed by atoms with Crippen LogP contribution in [-0.2, 0) is 11.4 Å². The minimum atomic E-state index is 0.374. The normalized spacial score (nSPS) is 11.4. The molecular formula is C29H30N2O3. The molecule has 1 aromatic heterocycles. The fraction of sp³-hybridized carbons (Fsp3) is 0.207. The minimum absolute atomic E-state index is 0.374. The van der Waals surface area contributed by atoms with Crippen LogP contribution in [0.2, 0.25) is 0 Å². The lowest BCUT2D eigenvalue weighted by atomic mass is 10.1. The highest BCUT2D eigenvalue weighted by molar-refractivity contribution is 6.01. The lowest BCUT2D eigenvalue weighted by molar-refractivity contribution is 0.130. The molecule has 4 rings (SSSR count). The Bertz CT molecular complexity index is 1260. The van der Waals surface area contributed by atoms with Gasteiger partial charge in [-0.3, -0.25) is 0 Å². The molecule has 0 aliphatic heterocycles. The van der Waals surface area contributed by atoms with Crippen molar-refractivity contribution < 1.29 is 14.3 Å². The fourth-order valence-electron chi connectivity index (χ4n) is 4.00. The van der Waals surface area contributed by atoms with Crippen LogP contribution in [0.4, 0.5) is 0 Å². The van der Waals surface area contributed by atoms with Crippen LogP contribution in [0.5, 0.6) is 11.5 Å². The minimum Gasteiger partial charge on any atom is -0.497 e. The van der Waals surface area contributed by atoms with Crippen LogP contribution in [0.1, 0.15) is 30.7 Å². The summed E-state index contributed by atoms with van der Waals surface area (Å²) in [5, 5.41) is 4.43. The van der Waals surface area contributed by atoms with Crippen molar-refractivity contribution in [2.45, 2.75) is 27.4 Å². The molecule has 0 atom stereocenters. The molecule has 0 saturated carbocycles. The average molecular weight is 455 g/mol. The molecule has 0 fully saturated rings. The van der Waals surface area contributed by atoms with Crippen molar-refractivity contribution in [1.82, 2.24) is 4.57 Å². The average Bonchev–Trinajstić information content (AvgIpc) is 3.22. The second-order valence-corrected chi connectivity index (χ2v) is 7.96. The van der Waals surface area contributed by atoms with Gasteiger partial charge >= 0.3 is 0 Å². The van der Waals surface area contributed by atoms with Gasteiger partial charge < -0.3 is 18.9 Å². The van der Waals surface area contributed by atoms with E-state index in [0.29, 0.717) is 13.2 Å². The van der Waals surface area contributed by atoms with Gasteiger partial charge in [-0.25, -0.2) is 0 Å². The number of oxime groups is 1. The summed E-state index contributed by atoms with van der Waals surface area (Å²) in [6.07, 6.45) is 0. The van der Waals surface area contributed by atoms with Crippen molar-refractivity contribution in [2.24, 2.45) is 5.16 Å². The lowest BCUT2D eigenvalue weighted by Gasteiger charge is -2.13. The third-order valence-electron chi connectivity index (χ3n) is 5.68. The molecule has 0 bridgehead atoms. The number of rotatable bonds is 9. The van der Waals surface area contributed by atoms with Gasteiger partial charge in [0.2, 0.25) is 0 Å². The predicted molar refractivity (Wildman–Crippen MR) is 137 cm³/mol. The summed E-state index contributed by atoms with van der Waals surface area (Å²) >= 11 is 0. The number of methoxy groups -OCH3 is 1. The molecule has 3 aromatic carbocycles. The number of hydrogen-bond acceptors (Lipinski definition) is 4. The third-order valence-corrected chi connectivity index (χ3v) is 5.68. The summed E-state index contributed by atoms with van der Waals surface area (Å²) < 4.78 is 13.2. The Kier molecular flexibility index (Phi) is 7.33. The van der Waals surface area contributed by atoms with Crippen LogP contribution in [0.15, 0.2) is 90.1 Å². The van der Waals surface area contributed by atoms with E-state index in [9.17, 15) is 0 Å². The van der Waals surface area contributed by atoms with E-state index in [0.717, 1.165) is 51.0 Å². The monoisotopic (exact) mass is 454 g/mol. The molecule has 34 heavy (non-hydrogen) atoms. The highest BCUT2D eigenvalue weighted by Crippen LogP contribution is 2.31. The quantitative estimate of drug-likeness (QED) is 0.206. The van der Waals surface area contributed by atoms with Crippen molar-refractivity contribution in [2.75, 3.05) is 13.7 Å². The van der Waals surface area contributed by atoms with E-state index < -0.39 is 0 Å². The Hall–Kier alpha value is -3.99.